The first kappa shape index (κ1) is 11.5. The molecule has 0 unspecified atom stereocenters. The van der Waals surface area contributed by atoms with Crippen molar-refractivity contribution in [1.82, 2.24) is 10.3 Å². The maximum absolute atomic E-state index is 4.32. The lowest BCUT2D eigenvalue weighted by Crippen LogP contribution is -2.35. The zero-order chi connectivity index (χ0) is 10.6. The third kappa shape index (κ3) is 4.11. The molecule has 0 aromatic carbocycles. The molecule has 0 aliphatic heterocycles. The van der Waals surface area contributed by atoms with Gasteiger partial charge in [-0.05, 0) is 38.7 Å². The van der Waals surface area contributed by atoms with Crippen LogP contribution in [0.25, 0.3) is 0 Å². The number of rotatable bonds is 3. The number of aromatic nitrogens is 1. The van der Waals surface area contributed by atoms with Crippen molar-refractivity contribution in [2.24, 2.45) is 0 Å². The second-order valence-corrected chi connectivity index (χ2v) is 5.14. The van der Waals surface area contributed by atoms with Crippen LogP contribution in [0.4, 0.5) is 0 Å². The molecule has 1 heterocycles. The second kappa shape index (κ2) is 4.80. The normalized spacial score (nSPS) is 11.7. The Kier molecular flexibility index (Phi) is 3.96. The summed E-state index contributed by atoms with van der Waals surface area (Å²) in [6.45, 7) is 7.37. The van der Waals surface area contributed by atoms with Crippen LogP contribution in [0.5, 0.6) is 0 Å². The second-order valence-electron chi connectivity index (χ2n) is 4.31. The zero-order valence-electron chi connectivity index (χ0n) is 9.29. The first-order valence-electron chi connectivity index (χ1n) is 4.75. The molecule has 0 aliphatic rings. The summed E-state index contributed by atoms with van der Waals surface area (Å²) < 4.78 is 0. The van der Waals surface area contributed by atoms with Gasteiger partial charge in [-0.1, -0.05) is 6.07 Å². The van der Waals surface area contributed by atoms with Crippen LogP contribution in [-0.2, 0) is 6.54 Å². The predicted octanol–water partition coefficient (Wildman–Crippen LogP) is 2.69. The molecule has 0 fully saturated rings. The highest BCUT2D eigenvalue weighted by atomic mass is 32.2. The van der Waals surface area contributed by atoms with Crippen LogP contribution in [0.3, 0.4) is 0 Å². The molecule has 1 aromatic heterocycles. The Hall–Kier alpha value is -0.540. The third-order valence-electron chi connectivity index (χ3n) is 1.83. The molecule has 0 saturated carbocycles. The predicted molar refractivity (Wildman–Crippen MR) is 62.6 cm³/mol. The van der Waals surface area contributed by atoms with Crippen molar-refractivity contribution < 1.29 is 0 Å². The van der Waals surface area contributed by atoms with Crippen LogP contribution >= 0.6 is 11.8 Å². The maximum atomic E-state index is 4.32. The van der Waals surface area contributed by atoms with Crippen molar-refractivity contribution >= 4 is 11.8 Å². The Labute approximate surface area is 90.5 Å². The van der Waals surface area contributed by atoms with Gasteiger partial charge in [0.25, 0.3) is 0 Å². The summed E-state index contributed by atoms with van der Waals surface area (Å²) in [5.74, 6) is 0. The molecule has 0 radical (unpaired) electrons. The van der Waals surface area contributed by atoms with E-state index in [2.05, 4.69) is 43.2 Å². The van der Waals surface area contributed by atoms with Gasteiger partial charge in [-0.25, -0.2) is 4.98 Å². The number of nitrogens with zero attached hydrogens (tertiary/aromatic N) is 1. The van der Waals surface area contributed by atoms with Crippen molar-refractivity contribution in [1.29, 1.82) is 0 Å². The Bertz CT molecular complexity index is 274. The number of hydrogen-bond donors (Lipinski definition) is 1. The number of hydrogen-bond acceptors (Lipinski definition) is 3. The first-order valence-corrected chi connectivity index (χ1v) is 5.98. The standard InChI is InChI=1S/C11H18N2S/c1-11(2,3)13-8-9-5-6-10(14-4)12-7-9/h5-7,13H,8H2,1-4H3. The van der Waals surface area contributed by atoms with E-state index in [9.17, 15) is 0 Å². The van der Waals surface area contributed by atoms with E-state index in [0.717, 1.165) is 11.6 Å². The van der Waals surface area contributed by atoms with E-state index in [0.29, 0.717) is 0 Å². The molecule has 0 spiro atoms. The van der Waals surface area contributed by atoms with Gasteiger partial charge < -0.3 is 5.32 Å². The van der Waals surface area contributed by atoms with E-state index in [-0.39, 0.29) is 5.54 Å². The van der Waals surface area contributed by atoms with Crippen molar-refractivity contribution in [2.45, 2.75) is 37.9 Å². The van der Waals surface area contributed by atoms with E-state index >= 15 is 0 Å². The van der Waals surface area contributed by atoms with Gasteiger partial charge >= 0.3 is 0 Å². The minimum Gasteiger partial charge on any atom is -0.308 e. The van der Waals surface area contributed by atoms with Gasteiger partial charge in [-0.3, -0.25) is 0 Å². The quantitative estimate of drug-likeness (QED) is 0.776. The number of nitrogens with one attached hydrogen (secondary N) is 1. The molecule has 0 saturated heterocycles. The van der Waals surface area contributed by atoms with Gasteiger partial charge in [0.05, 0.1) is 5.03 Å². The molecule has 0 bridgehead atoms. The molecule has 1 aromatic rings. The molecular weight excluding hydrogens is 192 g/mol. The van der Waals surface area contributed by atoms with Crippen LogP contribution in [0.2, 0.25) is 0 Å². The number of pyridine rings is 1. The summed E-state index contributed by atoms with van der Waals surface area (Å²) in [6.07, 6.45) is 3.97. The highest BCUT2D eigenvalue weighted by Gasteiger charge is 2.08. The minimum atomic E-state index is 0.165. The van der Waals surface area contributed by atoms with Crippen LogP contribution < -0.4 is 5.32 Å². The van der Waals surface area contributed by atoms with E-state index in [1.54, 1.807) is 11.8 Å². The van der Waals surface area contributed by atoms with Gasteiger partial charge in [-0.15, -0.1) is 11.8 Å². The zero-order valence-corrected chi connectivity index (χ0v) is 10.1. The van der Waals surface area contributed by atoms with Gasteiger partial charge in [0, 0.05) is 18.3 Å². The van der Waals surface area contributed by atoms with Crippen LogP contribution in [0.1, 0.15) is 26.3 Å². The lowest BCUT2D eigenvalue weighted by atomic mass is 10.1. The average molecular weight is 210 g/mol. The molecule has 78 valence electrons. The minimum absolute atomic E-state index is 0.165. The third-order valence-corrected chi connectivity index (χ3v) is 2.49. The lowest BCUT2D eigenvalue weighted by molar-refractivity contribution is 0.424. The fourth-order valence-corrected chi connectivity index (χ4v) is 1.37. The van der Waals surface area contributed by atoms with Crippen LogP contribution in [-0.4, -0.2) is 16.8 Å². The summed E-state index contributed by atoms with van der Waals surface area (Å²) in [5.41, 5.74) is 1.40. The van der Waals surface area contributed by atoms with Gasteiger partial charge in [0.1, 0.15) is 0 Å². The summed E-state index contributed by atoms with van der Waals surface area (Å²) in [6, 6.07) is 4.18. The summed E-state index contributed by atoms with van der Waals surface area (Å²) >= 11 is 1.67. The van der Waals surface area contributed by atoms with Crippen molar-refractivity contribution in [3.63, 3.8) is 0 Å². The largest absolute Gasteiger partial charge is 0.308 e. The van der Waals surface area contributed by atoms with E-state index < -0.39 is 0 Å². The van der Waals surface area contributed by atoms with Crippen LogP contribution in [0.15, 0.2) is 23.4 Å². The SMILES string of the molecule is CSc1ccc(CNC(C)(C)C)cn1. The van der Waals surface area contributed by atoms with E-state index in [1.807, 2.05) is 12.5 Å². The Morgan fingerprint density at radius 3 is 2.50 bits per heavy atom. The van der Waals surface area contributed by atoms with E-state index in [1.165, 1.54) is 5.56 Å². The van der Waals surface area contributed by atoms with Crippen molar-refractivity contribution in [3.8, 4) is 0 Å². The average Bonchev–Trinajstić information content (AvgIpc) is 2.14. The Morgan fingerprint density at radius 1 is 1.36 bits per heavy atom. The fraction of sp³-hybridized carbons (Fsp3) is 0.545. The molecule has 3 heteroatoms. The molecule has 1 N–H and O–H groups in total. The lowest BCUT2D eigenvalue weighted by Gasteiger charge is -2.20. The molecular formula is C11H18N2S. The monoisotopic (exact) mass is 210 g/mol. The van der Waals surface area contributed by atoms with Gasteiger partial charge in [-0.2, -0.15) is 0 Å². The van der Waals surface area contributed by atoms with E-state index in [4.69, 9.17) is 0 Å². The highest BCUT2D eigenvalue weighted by Crippen LogP contribution is 2.11. The first-order chi connectivity index (χ1) is 6.51. The highest BCUT2D eigenvalue weighted by molar-refractivity contribution is 7.98. The van der Waals surface area contributed by atoms with Gasteiger partial charge in [0.2, 0.25) is 0 Å². The van der Waals surface area contributed by atoms with Crippen LogP contribution in [0, 0.1) is 0 Å². The Morgan fingerprint density at radius 2 is 2.07 bits per heavy atom. The molecule has 0 aliphatic carbocycles. The summed E-state index contributed by atoms with van der Waals surface area (Å²) in [4.78, 5) is 4.32. The number of thioether (sulfide) groups is 1. The summed E-state index contributed by atoms with van der Waals surface area (Å²) in [5, 5.41) is 4.50. The Balaban J connectivity index is 2.52. The topological polar surface area (TPSA) is 24.9 Å². The molecule has 0 atom stereocenters. The van der Waals surface area contributed by atoms with Crippen molar-refractivity contribution in [3.05, 3.63) is 23.9 Å². The molecule has 1 rings (SSSR count). The van der Waals surface area contributed by atoms with Gasteiger partial charge in [0.15, 0.2) is 0 Å². The summed E-state index contributed by atoms with van der Waals surface area (Å²) in [7, 11) is 0. The van der Waals surface area contributed by atoms with Crippen molar-refractivity contribution in [2.75, 3.05) is 6.26 Å². The smallest absolute Gasteiger partial charge is 0.0957 e. The fourth-order valence-electron chi connectivity index (χ4n) is 1.00. The molecule has 14 heavy (non-hydrogen) atoms. The maximum Gasteiger partial charge on any atom is 0.0957 e. The molecule has 0 amide bonds. The molecule has 2 nitrogen and oxygen atoms in total.